The second kappa shape index (κ2) is 5.27. The largest absolute Gasteiger partial charge is 0.463 e. The van der Waals surface area contributed by atoms with Crippen LogP contribution in [-0.4, -0.2) is 12.1 Å². The molecule has 0 bridgehead atoms. The van der Waals surface area contributed by atoms with Gasteiger partial charge in [0.05, 0.1) is 6.10 Å². The number of hydrogen-bond donors (Lipinski definition) is 0. The molecule has 1 unspecified atom stereocenters. The molecule has 1 atom stereocenters. The van der Waals surface area contributed by atoms with Gasteiger partial charge in [-0.1, -0.05) is 13.3 Å². The molecule has 0 N–H and O–H groups in total. The Morgan fingerprint density at radius 1 is 1.70 bits per heavy atom. The minimum atomic E-state index is -0.207. The second-order valence-corrected chi connectivity index (χ2v) is 2.34. The van der Waals surface area contributed by atoms with Crippen molar-refractivity contribution < 1.29 is 9.53 Å². The first kappa shape index (κ1) is 9.47. The number of carbonyl (C=O) groups excluding carboxylic acids is 1. The predicted octanol–water partition coefficient (Wildman–Crippen LogP) is 1.94. The molecule has 0 amide bonds. The van der Waals surface area contributed by atoms with Crippen molar-refractivity contribution in [2.24, 2.45) is 0 Å². The van der Waals surface area contributed by atoms with E-state index in [1.54, 1.807) is 0 Å². The van der Waals surface area contributed by atoms with E-state index < -0.39 is 0 Å². The van der Waals surface area contributed by atoms with Crippen LogP contribution < -0.4 is 0 Å². The first-order valence-electron chi connectivity index (χ1n) is 3.69. The topological polar surface area (TPSA) is 26.3 Å². The van der Waals surface area contributed by atoms with Gasteiger partial charge in [0.2, 0.25) is 0 Å². The molecule has 0 rings (SSSR count). The lowest BCUT2D eigenvalue weighted by Crippen LogP contribution is -2.13. The van der Waals surface area contributed by atoms with Crippen molar-refractivity contribution in [2.75, 3.05) is 0 Å². The van der Waals surface area contributed by atoms with Gasteiger partial charge >= 0.3 is 5.97 Å². The minimum absolute atomic E-state index is 0.0549. The normalized spacial score (nSPS) is 12.7. The molecule has 59 valence electrons. The highest BCUT2D eigenvalue weighted by Gasteiger charge is 2.04. The lowest BCUT2D eigenvalue weighted by Gasteiger charge is -2.10. The minimum Gasteiger partial charge on any atom is -0.463 e. The van der Waals surface area contributed by atoms with Crippen molar-refractivity contribution >= 4 is 5.97 Å². The number of carbonyl (C=O) groups is 1. The van der Waals surface area contributed by atoms with E-state index in [9.17, 15) is 4.79 Å². The molecule has 2 heteroatoms. The molecule has 0 aliphatic heterocycles. The van der Waals surface area contributed by atoms with Crippen LogP contribution in [-0.2, 0) is 9.53 Å². The Morgan fingerprint density at radius 2 is 2.30 bits per heavy atom. The summed E-state index contributed by atoms with van der Waals surface area (Å²) in [6.45, 7) is 7.39. The van der Waals surface area contributed by atoms with Crippen LogP contribution in [0.15, 0.2) is 0 Å². The summed E-state index contributed by atoms with van der Waals surface area (Å²) in [5.74, 6) is -0.207. The lowest BCUT2D eigenvalue weighted by molar-refractivity contribution is -0.147. The molecular weight excluding hydrogens is 128 g/mol. The van der Waals surface area contributed by atoms with Gasteiger partial charge in [0.15, 0.2) is 0 Å². The van der Waals surface area contributed by atoms with E-state index >= 15 is 0 Å². The van der Waals surface area contributed by atoms with E-state index in [0.29, 0.717) is 0 Å². The smallest absolute Gasteiger partial charge is 0.306 e. The van der Waals surface area contributed by atoms with Crippen LogP contribution >= 0.6 is 0 Å². The van der Waals surface area contributed by atoms with E-state index in [1.165, 1.54) is 0 Å². The van der Waals surface area contributed by atoms with Gasteiger partial charge in [0.25, 0.3) is 0 Å². The maximum absolute atomic E-state index is 10.6. The molecule has 0 aromatic rings. The molecule has 10 heavy (non-hydrogen) atoms. The first-order chi connectivity index (χ1) is 4.70. The van der Waals surface area contributed by atoms with Crippen molar-refractivity contribution in [3.63, 3.8) is 0 Å². The number of hydrogen-bond acceptors (Lipinski definition) is 2. The molecule has 0 aliphatic carbocycles. The summed E-state index contributed by atoms with van der Waals surface area (Å²) >= 11 is 0. The summed E-state index contributed by atoms with van der Waals surface area (Å²) in [6, 6.07) is 0. The highest BCUT2D eigenvalue weighted by atomic mass is 16.5. The standard InChI is InChI=1S/C8H15O2/c1-4-6-7(3)10-8(9)5-2/h7H,2,4-6H2,1,3H3. The highest BCUT2D eigenvalue weighted by Crippen LogP contribution is 2.01. The number of esters is 1. The Hall–Kier alpha value is -0.530. The van der Waals surface area contributed by atoms with Gasteiger partial charge < -0.3 is 4.74 Å². The summed E-state index contributed by atoms with van der Waals surface area (Å²) in [7, 11) is 0. The van der Waals surface area contributed by atoms with Gasteiger partial charge in [-0.15, -0.1) is 0 Å². The van der Waals surface area contributed by atoms with Crippen molar-refractivity contribution in [3.8, 4) is 0 Å². The summed E-state index contributed by atoms with van der Waals surface area (Å²) in [5, 5.41) is 0. The maximum Gasteiger partial charge on any atom is 0.306 e. The van der Waals surface area contributed by atoms with Crippen molar-refractivity contribution in [2.45, 2.75) is 39.2 Å². The van der Waals surface area contributed by atoms with E-state index in [4.69, 9.17) is 4.74 Å². The monoisotopic (exact) mass is 143 g/mol. The van der Waals surface area contributed by atoms with Gasteiger partial charge in [-0.05, 0) is 20.3 Å². The van der Waals surface area contributed by atoms with Gasteiger partial charge in [-0.3, -0.25) is 4.79 Å². The molecule has 0 aromatic heterocycles. The molecular formula is C8H15O2. The Labute approximate surface area is 62.6 Å². The zero-order valence-electron chi connectivity index (χ0n) is 6.72. The average molecular weight is 143 g/mol. The van der Waals surface area contributed by atoms with Crippen LogP contribution in [0, 0.1) is 6.92 Å². The summed E-state index contributed by atoms with van der Waals surface area (Å²) in [4.78, 5) is 10.6. The highest BCUT2D eigenvalue weighted by molar-refractivity contribution is 5.69. The molecule has 0 saturated heterocycles. The van der Waals surface area contributed by atoms with Crippen LogP contribution in [0.4, 0.5) is 0 Å². The number of ether oxygens (including phenoxy) is 1. The van der Waals surface area contributed by atoms with E-state index in [0.717, 1.165) is 12.8 Å². The zero-order valence-corrected chi connectivity index (χ0v) is 6.72. The lowest BCUT2D eigenvalue weighted by atomic mass is 10.2. The Balaban J connectivity index is 3.37. The van der Waals surface area contributed by atoms with Gasteiger partial charge in [0, 0.05) is 6.42 Å². The fourth-order valence-electron chi connectivity index (χ4n) is 0.749. The summed E-state index contributed by atoms with van der Waals surface area (Å²) < 4.78 is 4.94. The summed E-state index contributed by atoms with van der Waals surface area (Å²) in [6.07, 6.45) is 2.27. The first-order valence-corrected chi connectivity index (χ1v) is 3.69. The quantitative estimate of drug-likeness (QED) is 0.562. The average Bonchev–Trinajstić information content (AvgIpc) is 1.88. The zero-order chi connectivity index (χ0) is 7.98. The molecule has 1 radical (unpaired) electrons. The second-order valence-electron chi connectivity index (χ2n) is 2.34. The molecule has 0 saturated carbocycles. The number of rotatable bonds is 4. The van der Waals surface area contributed by atoms with Crippen LogP contribution in [0.5, 0.6) is 0 Å². The van der Waals surface area contributed by atoms with Gasteiger partial charge in [-0.2, -0.15) is 0 Å². The maximum atomic E-state index is 10.6. The third-order valence-corrected chi connectivity index (χ3v) is 1.23. The molecule has 0 aromatic carbocycles. The summed E-state index contributed by atoms with van der Waals surface area (Å²) in [5.41, 5.74) is 0. The molecule has 0 aliphatic rings. The Morgan fingerprint density at radius 3 is 2.70 bits per heavy atom. The Kier molecular flexibility index (Phi) is 4.99. The van der Waals surface area contributed by atoms with E-state index in [2.05, 4.69) is 13.8 Å². The van der Waals surface area contributed by atoms with Crippen molar-refractivity contribution in [1.29, 1.82) is 0 Å². The fourth-order valence-corrected chi connectivity index (χ4v) is 0.749. The van der Waals surface area contributed by atoms with Crippen LogP contribution in [0.3, 0.4) is 0 Å². The fraction of sp³-hybridized carbons (Fsp3) is 0.750. The SMILES string of the molecule is [CH2]CC(=O)OC(C)CCC. The van der Waals surface area contributed by atoms with E-state index in [1.807, 2.05) is 6.92 Å². The van der Waals surface area contributed by atoms with E-state index in [-0.39, 0.29) is 18.5 Å². The van der Waals surface area contributed by atoms with Gasteiger partial charge in [-0.25, -0.2) is 0 Å². The van der Waals surface area contributed by atoms with Crippen LogP contribution in [0.1, 0.15) is 33.1 Å². The van der Waals surface area contributed by atoms with Gasteiger partial charge in [0.1, 0.15) is 0 Å². The Bertz CT molecular complexity index is 99.4. The molecule has 2 nitrogen and oxygen atoms in total. The molecule has 0 fully saturated rings. The molecule has 0 spiro atoms. The van der Waals surface area contributed by atoms with Crippen LogP contribution in [0.25, 0.3) is 0 Å². The third-order valence-electron chi connectivity index (χ3n) is 1.23. The van der Waals surface area contributed by atoms with Crippen molar-refractivity contribution in [1.82, 2.24) is 0 Å². The third kappa shape index (κ3) is 4.36. The van der Waals surface area contributed by atoms with Crippen molar-refractivity contribution in [3.05, 3.63) is 6.92 Å². The van der Waals surface area contributed by atoms with Crippen LogP contribution in [0.2, 0.25) is 0 Å². The predicted molar refractivity (Wildman–Crippen MR) is 40.4 cm³/mol. The molecule has 0 heterocycles.